The van der Waals surface area contributed by atoms with E-state index in [4.69, 9.17) is 14.2 Å². The van der Waals surface area contributed by atoms with Gasteiger partial charge in [-0.1, -0.05) is 0 Å². The molecule has 2 amide bonds. The lowest BCUT2D eigenvalue weighted by Crippen LogP contribution is -2.43. The number of hydrogen-bond donors (Lipinski definition) is 2. The summed E-state index contributed by atoms with van der Waals surface area (Å²) in [5.41, 5.74) is 0. The van der Waals surface area contributed by atoms with E-state index in [1.807, 2.05) is 6.92 Å². The molecule has 10 heteroatoms. The minimum atomic E-state index is -0.327. The molecule has 1 aromatic heterocycles. The van der Waals surface area contributed by atoms with Crippen LogP contribution in [0.5, 0.6) is 11.5 Å². The largest absolute Gasteiger partial charge is 0.497 e. The number of amides is 2. The van der Waals surface area contributed by atoms with Crippen LogP contribution in [-0.2, 0) is 14.3 Å². The van der Waals surface area contributed by atoms with E-state index in [9.17, 15) is 9.59 Å². The summed E-state index contributed by atoms with van der Waals surface area (Å²) in [4.78, 5) is 31.9. The molecule has 2 N–H and O–H groups in total. The third kappa shape index (κ3) is 5.18. The second-order valence-electron chi connectivity index (χ2n) is 8.13. The van der Waals surface area contributed by atoms with Gasteiger partial charge in [0.1, 0.15) is 17.3 Å². The number of H-pyrrole nitrogens is 1. The number of likely N-dealkylation sites (tertiary alicyclic amines) is 1. The Balaban J connectivity index is 1.41. The molecule has 0 unspecified atom stereocenters. The minimum absolute atomic E-state index is 0.0204. The molecule has 0 aliphatic carbocycles. The second kappa shape index (κ2) is 9.99. The van der Waals surface area contributed by atoms with Gasteiger partial charge in [0.2, 0.25) is 5.91 Å². The monoisotopic (exact) mass is 443 g/mol. The lowest BCUT2D eigenvalue weighted by molar-refractivity contribution is -0.135. The fraction of sp³-hybridized carbons (Fsp3) is 0.545. The number of carbonyl (C=O) groups excluding carboxylic acids is 2. The summed E-state index contributed by atoms with van der Waals surface area (Å²) in [6.45, 7) is 3.30. The van der Waals surface area contributed by atoms with Gasteiger partial charge in [-0.05, 0) is 50.5 Å². The summed E-state index contributed by atoms with van der Waals surface area (Å²) >= 11 is 0. The van der Waals surface area contributed by atoms with Gasteiger partial charge < -0.3 is 24.4 Å². The van der Waals surface area contributed by atoms with Crippen molar-refractivity contribution in [1.29, 1.82) is 0 Å². The molecule has 2 atom stereocenters. The van der Waals surface area contributed by atoms with Gasteiger partial charge in [0, 0.05) is 31.7 Å². The predicted octanol–water partition coefficient (Wildman–Crippen LogP) is 1.39. The molecule has 172 valence electrons. The van der Waals surface area contributed by atoms with Crippen molar-refractivity contribution in [1.82, 2.24) is 25.4 Å². The van der Waals surface area contributed by atoms with Crippen molar-refractivity contribution < 1.29 is 23.8 Å². The van der Waals surface area contributed by atoms with Crippen molar-refractivity contribution in [3.63, 3.8) is 0 Å². The number of nitrogens with zero attached hydrogens (tertiary/aromatic N) is 3. The van der Waals surface area contributed by atoms with Gasteiger partial charge in [0.25, 0.3) is 5.91 Å². The van der Waals surface area contributed by atoms with Crippen LogP contribution >= 0.6 is 0 Å². The van der Waals surface area contributed by atoms with Crippen LogP contribution in [0.2, 0.25) is 0 Å². The van der Waals surface area contributed by atoms with Crippen LogP contribution in [0.15, 0.2) is 24.3 Å². The minimum Gasteiger partial charge on any atom is -0.497 e. The molecule has 3 heterocycles. The Hall–Kier alpha value is -3.14. The zero-order valence-corrected chi connectivity index (χ0v) is 18.4. The van der Waals surface area contributed by atoms with Crippen LogP contribution in [0, 0.1) is 12.8 Å². The lowest BCUT2D eigenvalue weighted by Gasteiger charge is -2.24. The number of benzene rings is 1. The van der Waals surface area contributed by atoms with Crippen LogP contribution in [0.1, 0.15) is 37.0 Å². The topological polar surface area (TPSA) is 119 Å². The average Bonchev–Trinajstić information content (AvgIpc) is 3.44. The van der Waals surface area contributed by atoms with Gasteiger partial charge in [0.15, 0.2) is 12.4 Å². The van der Waals surface area contributed by atoms with Crippen LogP contribution in [0.25, 0.3) is 0 Å². The second-order valence-corrected chi connectivity index (χ2v) is 8.13. The maximum Gasteiger partial charge on any atom is 0.261 e. The highest BCUT2D eigenvalue weighted by Crippen LogP contribution is 2.31. The normalized spacial score (nSPS) is 21.4. The van der Waals surface area contributed by atoms with E-state index in [0.717, 1.165) is 12.8 Å². The maximum atomic E-state index is 13.0. The number of aromatic amines is 1. The molecule has 2 aliphatic rings. The van der Waals surface area contributed by atoms with Gasteiger partial charge in [-0.3, -0.25) is 14.7 Å². The van der Waals surface area contributed by atoms with E-state index in [0.29, 0.717) is 49.3 Å². The number of aryl methyl sites for hydroxylation is 1. The number of aromatic nitrogens is 3. The van der Waals surface area contributed by atoms with Gasteiger partial charge in [-0.25, -0.2) is 4.98 Å². The molecule has 2 aliphatic heterocycles. The first-order valence-electron chi connectivity index (χ1n) is 10.9. The molecule has 32 heavy (non-hydrogen) atoms. The first kappa shape index (κ1) is 22.1. The van der Waals surface area contributed by atoms with Gasteiger partial charge in [0.05, 0.1) is 13.2 Å². The molecule has 4 rings (SSSR count). The fourth-order valence-electron chi connectivity index (χ4n) is 4.15. The maximum absolute atomic E-state index is 13.0. The van der Waals surface area contributed by atoms with E-state index in [-0.39, 0.29) is 36.4 Å². The van der Waals surface area contributed by atoms with Crippen molar-refractivity contribution in [3.8, 4) is 11.5 Å². The van der Waals surface area contributed by atoms with Crippen LogP contribution < -0.4 is 14.8 Å². The lowest BCUT2D eigenvalue weighted by atomic mass is 9.99. The summed E-state index contributed by atoms with van der Waals surface area (Å²) < 4.78 is 16.2. The Morgan fingerprint density at radius 1 is 1.22 bits per heavy atom. The van der Waals surface area contributed by atoms with Crippen LogP contribution in [-0.4, -0.2) is 71.4 Å². The van der Waals surface area contributed by atoms with E-state index in [1.54, 1.807) is 36.3 Å². The smallest absolute Gasteiger partial charge is 0.261 e. The first-order valence-corrected chi connectivity index (χ1v) is 10.9. The number of methoxy groups -OCH3 is 1. The Morgan fingerprint density at radius 3 is 2.59 bits per heavy atom. The van der Waals surface area contributed by atoms with Gasteiger partial charge in [-0.2, -0.15) is 5.10 Å². The third-order valence-electron chi connectivity index (χ3n) is 5.89. The molecule has 0 radical (unpaired) electrons. The van der Waals surface area contributed by atoms with Gasteiger partial charge >= 0.3 is 0 Å². The molecular weight excluding hydrogens is 414 g/mol. The summed E-state index contributed by atoms with van der Waals surface area (Å²) in [7, 11) is 1.59. The quantitative estimate of drug-likeness (QED) is 0.664. The Morgan fingerprint density at radius 2 is 1.94 bits per heavy atom. The van der Waals surface area contributed by atoms with Crippen LogP contribution in [0.3, 0.4) is 0 Å². The van der Waals surface area contributed by atoms with E-state index >= 15 is 0 Å². The Kier molecular flexibility index (Phi) is 6.89. The molecule has 10 nitrogen and oxygen atoms in total. The van der Waals surface area contributed by atoms with E-state index < -0.39 is 0 Å². The zero-order chi connectivity index (χ0) is 22.5. The molecule has 1 aromatic carbocycles. The summed E-state index contributed by atoms with van der Waals surface area (Å²) in [5.74, 6) is 2.30. The molecule has 0 saturated carbocycles. The van der Waals surface area contributed by atoms with Crippen molar-refractivity contribution in [2.45, 2.75) is 38.3 Å². The van der Waals surface area contributed by atoms with Crippen molar-refractivity contribution >= 4 is 11.8 Å². The van der Waals surface area contributed by atoms with E-state index in [2.05, 4.69) is 20.5 Å². The molecule has 2 fully saturated rings. The first-order chi connectivity index (χ1) is 15.5. The van der Waals surface area contributed by atoms with Crippen LogP contribution in [0.4, 0.5) is 0 Å². The summed E-state index contributed by atoms with van der Waals surface area (Å²) in [6.07, 6.45) is 2.00. The van der Waals surface area contributed by atoms with E-state index in [1.165, 1.54) is 0 Å². The number of nitrogens with one attached hydrogen (secondary N) is 2. The SMILES string of the molecule is COc1ccc(OCC(=O)N2C[C@@H](NC(=O)C3CCOCC3)C[C@H]2c2n[nH]c(C)n2)cc1. The zero-order valence-electron chi connectivity index (χ0n) is 18.4. The van der Waals surface area contributed by atoms with Crippen molar-refractivity contribution in [2.75, 3.05) is 33.5 Å². The fourth-order valence-corrected chi connectivity index (χ4v) is 4.15. The molecule has 0 spiro atoms. The number of ether oxygens (including phenoxy) is 3. The highest BCUT2D eigenvalue weighted by Gasteiger charge is 2.39. The highest BCUT2D eigenvalue weighted by molar-refractivity contribution is 5.80. The number of carbonyl (C=O) groups is 2. The number of hydrogen-bond acceptors (Lipinski definition) is 7. The number of rotatable bonds is 7. The molecule has 2 aromatic rings. The Bertz CT molecular complexity index is 925. The van der Waals surface area contributed by atoms with Gasteiger partial charge in [-0.15, -0.1) is 0 Å². The third-order valence-corrected chi connectivity index (χ3v) is 5.89. The molecular formula is C22H29N5O5. The van der Waals surface area contributed by atoms with Crippen molar-refractivity contribution in [3.05, 3.63) is 35.9 Å². The molecule has 0 bridgehead atoms. The molecule has 2 saturated heterocycles. The average molecular weight is 444 g/mol. The van der Waals surface area contributed by atoms with Crippen molar-refractivity contribution in [2.24, 2.45) is 5.92 Å². The summed E-state index contributed by atoms with van der Waals surface area (Å²) in [6, 6.07) is 6.56. The predicted molar refractivity (Wildman–Crippen MR) is 114 cm³/mol. The Labute approximate surface area is 186 Å². The highest BCUT2D eigenvalue weighted by atomic mass is 16.5. The standard InChI is InChI=1S/C22H29N5O5/c1-14-23-21(26-25-14)19-11-16(24-22(29)15-7-9-31-10-8-15)12-27(19)20(28)13-32-18-5-3-17(30-2)4-6-18/h3-6,15-16,19H,7-13H2,1-2H3,(H,24,29)(H,23,25,26)/t16-,19-/m0/s1. The summed E-state index contributed by atoms with van der Waals surface area (Å²) in [5, 5.41) is 10.2.